The van der Waals surface area contributed by atoms with E-state index >= 15 is 0 Å². The Labute approximate surface area is 128 Å². The van der Waals surface area contributed by atoms with Crippen LogP contribution in [0, 0.1) is 0 Å². The van der Waals surface area contributed by atoms with Gasteiger partial charge in [0.1, 0.15) is 6.54 Å². The molecule has 0 bridgehead atoms. The molecule has 6 nitrogen and oxygen atoms in total. The minimum atomic E-state index is -0.253. The molecule has 0 saturated carbocycles. The monoisotopic (exact) mass is 300 g/mol. The number of para-hydroxylation sites is 2. The van der Waals surface area contributed by atoms with Crippen LogP contribution < -0.4 is 10.9 Å². The van der Waals surface area contributed by atoms with E-state index in [-0.39, 0.29) is 24.1 Å². The maximum Gasteiger partial charge on any atom is 0.269 e. The van der Waals surface area contributed by atoms with E-state index in [2.05, 4.69) is 22.2 Å². The summed E-state index contributed by atoms with van der Waals surface area (Å²) in [5, 5.41) is 3.03. The summed E-state index contributed by atoms with van der Waals surface area (Å²) in [5.74, 6) is -0.118. The molecule has 0 atom stereocenters. The number of nitrogens with zero attached hydrogens (tertiary/aromatic N) is 3. The molecule has 0 spiro atoms. The van der Waals surface area contributed by atoms with E-state index in [0.29, 0.717) is 11.0 Å². The van der Waals surface area contributed by atoms with Crippen molar-refractivity contribution in [1.82, 2.24) is 19.8 Å². The number of aromatic nitrogens is 2. The Morgan fingerprint density at radius 1 is 1.32 bits per heavy atom. The molecule has 0 radical (unpaired) electrons. The van der Waals surface area contributed by atoms with Gasteiger partial charge in [-0.15, -0.1) is 0 Å². The number of likely N-dealkylation sites (tertiary alicyclic amines) is 1. The highest BCUT2D eigenvalue weighted by Crippen LogP contribution is 2.10. The topological polar surface area (TPSA) is 67.2 Å². The highest BCUT2D eigenvalue weighted by atomic mass is 16.2. The van der Waals surface area contributed by atoms with Crippen molar-refractivity contribution in [2.24, 2.45) is 0 Å². The molecular weight excluding hydrogens is 280 g/mol. The van der Waals surface area contributed by atoms with Gasteiger partial charge >= 0.3 is 0 Å². The number of nitrogens with one attached hydrogen (secondary N) is 1. The number of carbonyl (C=O) groups excluding carboxylic acids is 1. The standard InChI is InChI=1S/C16H20N4O2/c1-19-8-6-12(7-9-19)18-15(21)11-20-14-5-3-2-4-13(14)17-10-16(20)22/h2-5,10,12H,6-9,11H2,1H3,(H,18,21). The average Bonchev–Trinajstić information content (AvgIpc) is 2.52. The molecule has 3 rings (SSSR count). The van der Waals surface area contributed by atoms with Crippen molar-refractivity contribution >= 4 is 16.9 Å². The van der Waals surface area contributed by atoms with Crippen LogP contribution in [-0.4, -0.2) is 46.5 Å². The molecule has 22 heavy (non-hydrogen) atoms. The summed E-state index contributed by atoms with van der Waals surface area (Å²) in [6, 6.07) is 7.55. The molecule has 1 N–H and O–H groups in total. The number of piperidine rings is 1. The van der Waals surface area contributed by atoms with Crippen LogP contribution in [0.15, 0.2) is 35.3 Å². The third-order valence-electron chi connectivity index (χ3n) is 4.14. The first kappa shape index (κ1) is 14.7. The lowest BCUT2D eigenvalue weighted by molar-refractivity contribution is -0.122. The molecule has 1 aromatic heterocycles. The lowest BCUT2D eigenvalue weighted by atomic mass is 10.1. The van der Waals surface area contributed by atoms with Crippen LogP contribution in [-0.2, 0) is 11.3 Å². The van der Waals surface area contributed by atoms with Gasteiger partial charge in [0.25, 0.3) is 5.56 Å². The smallest absolute Gasteiger partial charge is 0.269 e. The van der Waals surface area contributed by atoms with Crippen LogP contribution in [0.5, 0.6) is 0 Å². The Balaban J connectivity index is 1.74. The van der Waals surface area contributed by atoms with Gasteiger partial charge in [-0.05, 0) is 45.1 Å². The van der Waals surface area contributed by atoms with Gasteiger partial charge < -0.3 is 10.2 Å². The lowest BCUT2D eigenvalue weighted by Crippen LogP contribution is -2.45. The summed E-state index contributed by atoms with van der Waals surface area (Å²) in [6.45, 7) is 2.01. The van der Waals surface area contributed by atoms with Gasteiger partial charge in [0.2, 0.25) is 5.91 Å². The maximum absolute atomic E-state index is 12.3. The van der Waals surface area contributed by atoms with E-state index in [1.807, 2.05) is 24.3 Å². The predicted octanol–water partition coefficient (Wildman–Crippen LogP) is 0.607. The molecule has 116 valence electrons. The second-order valence-corrected chi connectivity index (χ2v) is 5.82. The van der Waals surface area contributed by atoms with E-state index in [9.17, 15) is 9.59 Å². The molecule has 0 unspecified atom stereocenters. The van der Waals surface area contributed by atoms with Crippen molar-refractivity contribution in [2.75, 3.05) is 20.1 Å². The van der Waals surface area contributed by atoms with Crippen LogP contribution in [0.4, 0.5) is 0 Å². The second kappa shape index (κ2) is 6.27. The van der Waals surface area contributed by atoms with Gasteiger partial charge in [-0.3, -0.25) is 14.2 Å². The van der Waals surface area contributed by atoms with Crippen molar-refractivity contribution in [3.63, 3.8) is 0 Å². The number of hydrogen-bond donors (Lipinski definition) is 1. The fourth-order valence-electron chi connectivity index (χ4n) is 2.85. The van der Waals surface area contributed by atoms with E-state index < -0.39 is 0 Å². The largest absolute Gasteiger partial charge is 0.352 e. The minimum Gasteiger partial charge on any atom is -0.352 e. The Bertz CT molecular complexity index is 732. The molecular formula is C16H20N4O2. The highest BCUT2D eigenvalue weighted by Gasteiger charge is 2.19. The third-order valence-corrected chi connectivity index (χ3v) is 4.14. The number of amides is 1. The fraction of sp³-hybridized carbons (Fsp3) is 0.438. The van der Waals surface area contributed by atoms with Crippen LogP contribution in [0.3, 0.4) is 0 Å². The van der Waals surface area contributed by atoms with E-state index in [4.69, 9.17) is 0 Å². The first-order chi connectivity index (χ1) is 10.6. The van der Waals surface area contributed by atoms with Gasteiger partial charge in [0.05, 0.1) is 17.2 Å². The van der Waals surface area contributed by atoms with E-state index in [1.54, 1.807) is 0 Å². The molecule has 2 aromatic rings. The zero-order valence-electron chi connectivity index (χ0n) is 12.7. The number of rotatable bonds is 3. The van der Waals surface area contributed by atoms with Crippen molar-refractivity contribution in [2.45, 2.75) is 25.4 Å². The second-order valence-electron chi connectivity index (χ2n) is 5.82. The Morgan fingerprint density at radius 2 is 2.05 bits per heavy atom. The zero-order chi connectivity index (χ0) is 15.5. The van der Waals surface area contributed by atoms with Gasteiger partial charge in [-0.1, -0.05) is 12.1 Å². The third kappa shape index (κ3) is 3.17. The van der Waals surface area contributed by atoms with Crippen molar-refractivity contribution < 1.29 is 4.79 Å². The number of carbonyl (C=O) groups is 1. The first-order valence-corrected chi connectivity index (χ1v) is 7.56. The van der Waals surface area contributed by atoms with Crippen molar-refractivity contribution in [3.05, 3.63) is 40.8 Å². The first-order valence-electron chi connectivity index (χ1n) is 7.56. The molecule has 1 fully saturated rings. The van der Waals surface area contributed by atoms with Crippen molar-refractivity contribution in [3.8, 4) is 0 Å². The molecule has 1 aliphatic heterocycles. The van der Waals surface area contributed by atoms with Crippen LogP contribution >= 0.6 is 0 Å². The number of fused-ring (bicyclic) bond motifs is 1. The molecule has 1 amide bonds. The highest BCUT2D eigenvalue weighted by molar-refractivity contribution is 5.80. The normalized spacial score (nSPS) is 16.8. The molecule has 2 heterocycles. The molecule has 1 aromatic carbocycles. The van der Waals surface area contributed by atoms with Crippen LogP contribution in [0.2, 0.25) is 0 Å². The van der Waals surface area contributed by atoms with Crippen LogP contribution in [0.1, 0.15) is 12.8 Å². The Morgan fingerprint density at radius 3 is 2.82 bits per heavy atom. The molecule has 0 aliphatic carbocycles. The fourth-order valence-corrected chi connectivity index (χ4v) is 2.85. The molecule has 1 saturated heterocycles. The predicted molar refractivity (Wildman–Crippen MR) is 84.7 cm³/mol. The maximum atomic E-state index is 12.3. The van der Waals surface area contributed by atoms with Crippen LogP contribution in [0.25, 0.3) is 11.0 Å². The quantitative estimate of drug-likeness (QED) is 0.902. The summed E-state index contributed by atoms with van der Waals surface area (Å²) in [4.78, 5) is 30.6. The number of hydrogen-bond acceptors (Lipinski definition) is 4. The lowest BCUT2D eigenvalue weighted by Gasteiger charge is -2.29. The number of benzene rings is 1. The summed E-state index contributed by atoms with van der Waals surface area (Å²) in [5.41, 5.74) is 1.15. The molecule has 1 aliphatic rings. The van der Waals surface area contributed by atoms with Gasteiger partial charge in [-0.2, -0.15) is 0 Å². The summed E-state index contributed by atoms with van der Waals surface area (Å²) >= 11 is 0. The van der Waals surface area contributed by atoms with Gasteiger partial charge in [-0.25, -0.2) is 4.98 Å². The zero-order valence-corrected chi connectivity index (χ0v) is 12.7. The summed E-state index contributed by atoms with van der Waals surface area (Å²) in [6.07, 6.45) is 3.17. The van der Waals surface area contributed by atoms with E-state index in [1.165, 1.54) is 10.8 Å². The summed E-state index contributed by atoms with van der Waals surface area (Å²) in [7, 11) is 2.08. The van der Waals surface area contributed by atoms with Gasteiger partial charge in [0, 0.05) is 6.04 Å². The average molecular weight is 300 g/mol. The molecule has 6 heteroatoms. The Hall–Kier alpha value is -2.21. The summed E-state index contributed by atoms with van der Waals surface area (Å²) < 4.78 is 1.48. The SMILES string of the molecule is CN1CCC(NC(=O)Cn2c(=O)cnc3ccccc32)CC1. The van der Waals surface area contributed by atoms with E-state index in [0.717, 1.165) is 25.9 Å². The van der Waals surface area contributed by atoms with Gasteiger partial charge in [0.15, 0.2) is 0 Å². The van der Waals surface area contributed by atoms with Crippen molar-refractivity contribution in [1.29, 1.82) is 0 Å². The minimum absolute atomic E-state index is 0.0359. The Kier molecular flexibility index (Phi) is 4.20.